The minimum atomic E-state index is -0.555. The van der Waals surface area contributed by atoms with E-state index in [1.54, 1.807) is 18.3 Å². The van der Waals surface area contributed by atoms with Crippen molar-refractivity contribution >= 4 is 34.1 Å². The third-order valence-electron chi connectivity index (χ3n) is 6.57. The highest BCUT2D eigenvalue weighted by molar-refractivity contribution is 5.99. The van der Waals surface area contributed by atoms with Crippen LogP contribution in [-0.2, 0) is 4.74 Å². The van der Waals surface area contributed by atoms with Gasteiger partial charge >= 0.3 is 6.09 Å². The van der Waals surface area contributed by atoms with Crippen LogP contribution in [0.2, 0.25) is 0 Å². The van der Waals surface area contributed by atoms with Crippen LogP contribution < -0.4 is 21.1 Å². The van der Waals surface area contributed by atoms with E-state index in [-0.39, 0.29) is 11.8 Å². The van der Waals surface area contributed by atoms with Crippen molar-refractivity contribution in [3.63, 3.8) is 0 Å². The Morgan fingerprint density at radius 1 is 1.22 bits per heavy atom. The average molecular weight is 496 g/mol. The van der Waals surface area contributed by atoms with E-state index in [4.69, 9.17) is 15.2 Å². The maximum Gasteiger partial charge on any atom is 0.413 e. The second kappa shape index (κ2) is 11.4. The largest absolute Gasteiger partial charge is 0.474 e. The molecule has 0 radical (unpaired) electrons. The van der Waals surface area contributed by atoms with Crippen LogP contribution in [0, 0.1) is 12.7 Å². The Bertz CT molecular complexity index is 1250. The van der Waals surface area contributed by atoms with Gasteiger partial charge in [-0.05, 0) is 49.3 Å². The van der Waals surface area contributed by atoms with E-state index >= 15 is 4.39 Å². The molecule has 0 saturated heterocycles. The molecule has 1 aromatic carbocycles. The van der Waals surface area contributed by atoms with Crippen molar-refractivity contribution in [3.8, 4) is 17.0 Å². The summed E-state index contributed by atoms with van der Waals surface area (Å²) < 4.78 is 26.5. The summed E-state index contributed by atoms with van der Waals surface area (Å²) in [5.41, 5.74) is 8.64. The lowest BCUT2D eigenvalue weighted by Crippen LogP contribution is -2.22. The number of anilines is 3. The number of fused-ring (bicyclic) bond motifs is 2. The summed E-state index contributed by atoms with van der Waals surface area (Å²) >= 11 is 0. The highest BCUT2D eigenvalue weighted by atomic mass is 19.1. The van der Waals surface area contributed by atoms with Gasteiger partial charge in [0.1, 0.15) is 24.2 Å². The fourth-order valence-corrected chi connectivity index (χ4v) is 4.49. The van der Waals surface area contributed by atoms with Crippen LogP contribution in [0.4, 0.5) is 26.4 Å². The van der Waals surface area contributed by atoms with E-state index in [2.05, 4.69) is 27.5 Å². The first-order valence-corrected chi connectivity index (χ1v) is 12.6. The fraction of sp³-hybridized carbons (Fsp3) is 0.444. The number of benzene rings is 1. The molecule has 4 N–H and O–H groups in total. The Morgan fingerprint density at radius 3 is 2.83 bits per heavy atom. The monoisotopic (exact) mass is 495 g/mol. The molecule has 9 heteroatoms. The van der Waals surface area contributed by atoms with Gasteiger partial charge in [-0.3, -0.25) is 5.32 Å². The van der Waals surface area contributed by atoms with E-state index in [1.165, 1.54) is 12.6 Å². The van der Waals surface area contributed by atoms with Gasteiger partial charge in [-0.15, -0.1) is 0 Å². The molecule has 0 aliphatic carbocycles. The summed E-state index contributed by atoms with van der Waals surface area (Å²) in [7, 11) is 0. The zero-order chi connectivity index (χ0) is 25.7. The molecule has 4 rings (SSSR count). The molecular weight excluding hydrogens is 461 g/mol. The smallest absolute Gasteiger partial charge is 0.413 e. The number of unbranched alkanes of at least 4 members (excludes halogenated alkanes) is 3. The van der Waals surface area contributed by atoms with Gasteiger partial charge in [-0.2, -0.15) is 0 Å². The molecule has 0 spiro atoms. The van der Waals surface area contributed by atoms with E-state index in [9.17, 15) is 4.79 Å². The number of hydrogen-bond donors (Lipinski definition) is 3. The summed E-state index contributed by atoms with van der Waals surface area (Å²) in [5.74, 6) is 0.266. The SMILES string of the molecule is CCCCCCC(CC)OC(=O)Nc1cc2cc(-c3cnc4c(c3C)NCCO4)c(F)c(N)c2cn1. The lowest BCUT2D eigenvalue weighted by molar-refractivity contribution is 0.101. The Labute approximate surface area is 210 Å². The molecule has 1 aliphatic rings. The minimum absolute atomic E-state index is 0.0106. The molecule has 2 aromatic heterocycles. The second-order valence-corrected chi connectivity index (χ2v) is 9.10. The van der Waals surface area contributed by atoms with Crippen LogP contribution in [0.15, 0.2) is 24.5 Å². The Balaban J connectivity index is 1.57. The van der Waals surface area contributed by atoms with Crippen molar-refractivity contribution in [1.29, 1.82) is 0 Å². The number of nitrogens with one attached hydrogen (secondary N) is 2. The van der Waals surface area contributed by atoms with Gasteiger partial charge in [0.05, 0.1) is 5.69 Å². The Kier molecular flexibility index (Phi) is 8.07. The molecule has 36 heavy (non-hydrogen) atoms. The molecule has 1 aliphatic heterocycles. The molecule has 1 amide bonds. The zero-order valence-electron chi connectivity index (χ0n) is 21.1. The summed E-state index contributed by atoms with van der Waals surface area (Å²) in [4.78, 5) is 21.1. The normalized spacial score (nSPS) is 13.4. The van der Waals surface area contributed by atoms with Gasteiger partial charge in [-0.1, -0.05) is 33.1 Å². The number of nitrogens with zero attached hydrogens (tertiary/aromatic N) is 2. The third-order valence-corrected chi connectivity index (χ3v) is 6.57. The van der Waals surface area contributed by atoms with Crippen LogP contribution in [0.5, 0.6) is 5.88 Å². The summed E-state index contributed by atoms with van der Waals surface area (Å²) in [6.07, 6.45) is 8.44. The second-order valence-electron chi connectivity index (χ2n) is 9.10. The number of pyridine rings is 2. The maximum atomic E-state index is 15.4. The van der Waals surface area contributed by atoms with Crippen LogP contribution in [0.3, 0.4) is 0 Å². The standard InChI is InChI=1S/C27H34FN5O3/c1-4-6-7-8-9-18(5-2)36-27(34)33-22-13-17-12-19(23(28)24(29)21(17)15-31-22)20-14-32-26-25(16(20)3)30-10-11-35-26/h12-15,18,30H,4-11,29H2,1-3H3,(H,31,33,34). The van der Waals surface area contributed by atoms with Crippen molar-refractivity contribution in [2.24, 2.45) is 0 Å². The number of aromatic nitrogens is 2. The zero-order valence-corrected chi connectivity index (χ0v) is 21.1. The number of nitrogens with two attached hydrogens (primary N) is 1. The lowest BCUT2D eigenvalue weighted by Gasteiger charge is -2.22. The summed E-state index contributed by atoms with van der Waals surface area (Å²) in [6, 6.07) is 3.36. The van der Waals surface area contributed by atoms with Crippen LogP contribution in [0.1, 0.15) is 57.9 Å². The first kappa shape index (κ1) is 25.5. The number of ether oxygens (including phenoxy) is 2. The average Bonchev–Trinajstić information content (AvgIpc) is 2.88. The van der Waals surface area contributed by atoms with Crippen LogP contribution >= 0.6 is 0 Å². The summed E-state index contributed by atoms with van der Waals surface area (Å²) in [5, 5.41) is 7.07. The molecule has 0 bridgehead atoms. The molecule has 1 atom stereocenters. The highest BCUT2D eigenvalue weighted by Gasteiger charge is 2.21. The molecule has 8 nitrogen and oxygen atoms in total. The Morgan fingerprint density at radius 2 is 2.06 bits per heavy atom. The number of hydrogen-bond acceptors (Lipinski definition) is 7. The van der Waals surface area contributed by atoms with Crippen LogP contribution in [-0.4, -0.2) is 35.3 Å². The molecule has 3 heterocycles. The van der Waals surface area contributed by atoms with Crippen molar-refractivity contribution in [3.05, 3.63) is 35.9 Å². The van der Waals surface area contributed by atoms with Crippen LogP contribution in [0.25, 0.3) is 21.9 Å². The van der Waals surface area contributed by atoms with E-state index in [0.29, 0.717) is 46.7 Å². The van der Waals surface area contributed by atoms with Crippen molar-refractivity contribution < 1.29 is 18.7 Å². The minimum Gasteiger partial charge on any atom is -0.474 e. The van der Waals surface area contributed by atoms with Crippen molar-refractivity contribution in [1.82, 2.24) is 9.97 Å². The number of halogens is 1. The fourth-order valence-electron chi connectivity index (χ4n) is 4.49. The number of carbonyl (C=O) groups is 1. The first-order valence-electron chi connectivity index (χ1n) is 12.6. The summed E-state index contributed by atoms with van der Waals surface area (Å²) in [6.45, 7) is 7.23. The molecule has 192 valence electrons. The molecule has 1 unspecified atom stereocenters. The predicted molar refractivity (Wildman–Crippen MR) is 141 cm³/mol. The topological polar surface area (TPSA) is 111 Å². The third kappa shape index (κ3) is 5.45. The lowest BCUT2D eigenvalue weighted by atomic mass is 9.97. The molecule has 0 saturated carbocycles. The van der Waals surface area contributed by atoms with E-state index < -0.39 is 11.9 Å². The molecular formula is C27H34FN5O3. The van der Waals surface area contributed by atoms with E-state index in [1.807, 2.05) is 13.8 Å². The predicted octanol–water partition coefficient (Wildman–Crippen LogP) is 6.43. The van der Waals surface area contributed by atoms with Gasteiger partial charge in [0.2, 0.25) is 5.88 Å². The number of nitrogen functional groups attached to an aromatic ring is 1. The number of amides is 1. The van der Waals surface area contributed by atoms with Gasteiger partial charge in [0.15, 0.2) is 5.82 Å². The van der Waals surface area contributed by atoms with Gasteiger partial charge in [0, 0.05) is 35.5 Å². The Hall–Kier alpha value is -3.62. The molecule has 3 aromatic rings. The van der Waals surface area contributed by atoms with Gasteiger partial charge < -0.3 is 20.5 Å². The first-order chi connectivity index (χ1) is 17.4. The number of carbonyl (C=O) groups excluding carboxylic acids is 1. The van der Waals surface area contributed by atoms with Crippen molar-refractivity contribution in [2.45, 2.75) is 65.4 Å². The maximum absolute atomic E-state index is 15.4. The molecule has 0 fully saturated rings. The highest BCUT2D eigenvalue weighted by Crippen LogP contribution is 2.39. The number of rotatable bonds is 9. The van der Waals surface area contributed by atoms with Gasteiger partial charge in [-0.25, -0.2) is 19.2 Å². The van der Waals surface area contributed by atoms with Gasteiger partial charge in [0.25, 0.3) is 0 Å². The van der Waals surface area contributed by atoms with E-state index in [0.717, 1.165) is 43.4 Å². The van der Waals surface area contributed by atoms with Crippen molar-refractivity contribution in [2.75, 3.05) is 29.5 Å². The quantitative estimate of drug-likeness (QED) is 0.232.